The first-order valence-corrected chi connectivity index (χ1v) is 8.51. The van der Waals surface area contributed by atoms with E-state index in [1.54, 1.807) is 18.2 Å². The van der Waals surface area contributed by atoms with E-state index in [4.69, 9.17) is 11.6 Å². The molecule has 1 heterocycles. The highest BCUT2D eigenvalue weighted by molar-refractivity contribution is 6.31. The summed E-state index contributed by atoms with van der Waals surface area (Å²) in [5, 5.41) is 24.2. The third-order valence-corrected chi connectivity index (χ3v) is 4.74. The number of benzene rings is 1. The van der Waals surface area contributed by atoms with Gasteiger partial charge in [0, 0.05) is 23.6 Å². The molecule has 2 aromatic rings. The maximum Gasteiger partial charge on any atom is 0.253 e. The van der Waals surface area contributed by atoms with E-state index < -0.39 is 0 Å². The number of nitrogens with zero attached hydrogens (tertiary/aromatic N) is 4. The van der Waals surface area contributed by atoms with Crippen molar-refractivity contribution in [2.75, 3.05) is 6.61 Å². The Kier molecular flexibility index (Phi) is 5.42. The second-order valence-electron chi connectivity index (χ2n) is 6.08. The van der Waals surface area contributed by atoms with Crippen LogP contribution in [-0.2, 0) is 0 Å². The Morgan fingerprint density at radius 3 is 2.92 bits per heavy atom. The average Bonchev–Trinajstić information content (AvgIpc) is 3.02. The Labute approximate surface area is 145 Å². The van der Waals surface area contributed by atoms with E-state index in [-0.39, 0.29) is 24.5 Å². The van der Waals surface area contributed by atoms with Gasteiger partial charge >= 0.3 is 0 Å². The summed E-state index contributed by atoms with van der Waals surface area (Å²) in [5.74, 6) is -0.138. The van der Waals surface area contributed by atoms with E-state index in [1.165, 1.54) is 11.0 Å². The van der Waals surface area contributed by atoms with E-state index in [0.29, 0.717) is 16.3 Å². The van der Waals surface area contributed by atoms with Crippen molar-refractivity contribution >= 4 is 17.5 Å². The van der Waals surface area contributed by atoms with Crippen molar-refractivity contribution in [3.05, 3.63) is 35.1 Å². The van der Waals surface area contributed by atoms with Crippen LogP contribution in [0.2, 0.25) is 5.02 Å². The monoisotopic (exact) mass is 349 g/mol. The molecule has 3 rings (SSSR count). The predicted molar refractivity (Wildman–Crippen MR) is 89.1 cm³/mol. The van der Waals surface area contributed by atoms with Crippen LogP contribution in [-0.4, -0.2) is 43.9 Å². The van der Waals surface area contributed by atoms with E-state index in [1.807, 2.05) is 0 Å². The molecule has 1 aliphatic rings. The summed E-state index contributed by atoms with van der Waals surface area (Å²) >= 11 is 6.07. The maximum absolute atomic E-state index is 12.8. The molecule has 0 radical (unpaired) electrons. The molecule has 0 bridgehead atoms. The zero-order valence-electron chi connectivity index (χ0n) is 13.2. The Bertz CT molecular complexity index is 692. The van der Waals surface area contributed by atoms with Crippen LogP contribution in [0.3, 0.4) is 0 Å². The van der Waals surface area contributed by atoms with Crippen LogP contribution >= 0.6 is 11.6 Å². The van der Waals surface area contributed by atoms with Crippen LogP contribution in [0.5, 0.6) is 0 Å². The number of tetrazole rings is 1. The van der Waals surface area contributed by atoms with Crippen LogP contribution in [0.4, 0.5) is 0 Å². The van der Waals surface area contributed by atoms with Gasteiger partial charge in [-0.25, -0.2) is 0 Å². The quantitative estimate of drug-likeness (QED) is 0.823. The smallest absolute Gasteiger partial charge is 0.253 e. The number of aliphatic hydroxyl groups is 1. The molecule has 0 aliphatic heterocycles. The Balaban J connectivity index is 1.85. The maximum atomic E-state index is 12.8. The van der Waals surface area contributed by atoms with Gasteiger partial charge in [-0.1, -0.05) is 30.9 Å². The molecule has 2 N–H and O–H groups in total. The molecular weight excluding hydrogens is 330 g/mol. The number of aliphatic hydroxyl groups excluding tert-OH is 1. The molecule has 1 saturated carbocycles. The van der Waals surface area contributed by atoms with Gasteiger partial charge in [0.25, 0.3) is 5.91 Å². The van der Waals surface area contributed by atoms with Crippen LogP contribution in [0, 0.1) is 5.92 Å². The summed E-state index contributed by atoms with van der Waals surface area (Å²) < 4.78 is 1.43. The van der Waals surface area contributed by atoms with Gasteiger partial charge in [0.1, 0.15) is 6.33 Å². The molecule has 1 aromatic heterocycles. The lowest BCUT2D eigenvalue weighted by atomic mass is 9.95. The third kappa shape index (κ3) is 3.73. The Morgan fingerprint density at radius 1 is 1.33 bits per heavy atom. The number of rotatable bonds is 4. The summed E-state index contributed by atoms with van der Waals surface area (Å²) in [7, 11) is 0. The summed E-state index contributed by atoms with van der Waals surface area (Å²) in [6.45, 7) is 0.0837. The normalized spacial score (nSPS) is 21.2. The van der Waals surface area contributed by atoms with Crippen LogP contribution in [0.25, 0.3) is 5.69 Å². The fourth-order valence-corrected chi connectivity index (χ4v) is 3.37. The van der Waals surface area contributed by atoms with Gasteiger partial charge in [-0.2, -0.15) is 4.68 Å². The minimum Gasteiger partial charge on any atom is -0.396 e. The van der Waals surface area contributed by atoms with E-state index >= 15 is 0 Å². The number of carbonyl (C=O) groups is 1. The number of amides is 1. The summed E-state index contributed by atoms with van der Waals surface area (Å²) in [6.07, 6.45) is 6.51. The third-order valence-electron chi connectivity index (χ3n) is 4.51. The second-order valence-corrected chi connectivity index (χ2v) is 6.51. The molecule has 128 valence electrons. The minimum atomic E-state index is -0.228. The average molecular weight is 350 g/mol. The lowest BCUT2D eigenvalue weighted by Gasteiger charge is -2.25. The molecule has 1 fully saturated rings. The summed E-state index contributed by atoms with van der Waals surface area (Å²) in [5.41, 5.74) is 0.979. The van der Waals surface area contributed by atoms with Gasteiger partial charge in [0.15, 0.2) is 0 Å². The van der Waals surface area contributed by atoms with Crippen LogP contribution in [0.15, 0.2) is 24.5 Å². The number of hydrogen-bond acceptors (Lipinski definition) is 5. The van der Waals surface area contributed by atoms with E-state index in [2.05, 4.69) is 20.8 Å². The molecule has 2 unspecified atom stereocenters. The van der Waals surface area contributed by atoms with Crippen molar-refractivity contribution in [2.24, 2.45) is 5.92 Å². The first-order chi connectivity index (χ1) is 11.7. The number of nitrogens with one attached hydrogen (secondary N) is 1. The highest BCUT2D eigenvalue weighted by Crippen LogP contribution is 2.25. The zero-order chi connectivity index (χ0) is 16.9. The topological polar surface area (TPSA) is 92.9 Å². The molecule has 8 heteroatoms. The van der Waals surface area contributed by atoms with Crippen molar-refractivity contribution < 1.29 is 9.90 Å². The molecule has 2 atom stereocenters. The van der Waals surface area contributed by atoms with Crippen LogP contribution < -0.4 is 5.32 Å². The molecule has 7 nitrogen and oxygen atoms in total. The van der Waals surface area contributed by atoms with Crippen molar-refractivity contribution in [3.63, 3.8) is 0 Å². The Hall–Kier alpha value is -1.99. The van der Waals surface area contributed by atoms with Crippen molar-refractivity contribution in [3.8, 4) is 5.69 Å². The standard InChI is InChI=1S/C16H20ClN5O2/c17-12-6-7-15(22-10-18-20-21-22)13(8-12)16(24)19-14-5-3-1-2-4-11(14)9-23/h6-8,10-11,14,23H,1-5,9H2,(H,19,24). The van der Waals surface area contributed by atoms with Crippen LogP contribution in [0.1, 0.15) is 42.5 Å². The predicted octanol–water partition coefficient (Wildman–Crippen LogP) is 1.99. The lowest BCUT2D eigenvalue weighted by Crippen LogP contribution is -2.41. The van der Waals surface area contributed by atoms with Crippen molar-refractivity contribution in [1.82, 2.24) is 25.5 Å². The van der Waals surface area contributed by atoms with E-state index in [0.717, 1.165) is 32.1 Å². The number of hydrogen-bond donors (Lipinski definition) is 2. The van der Waals surface area contributed by atoms with Gasteiger partial charge in [0.2, 0.25) is 0 Å². The SMILES string of the molecule is O=C(NC1CCCCCC1CO)c1cc(Cl)ccc1-n1cnnn1. The number of halogens is 1. The molecule has 24 heavy (non-hydrogen) atoms. The summed E-state index contributed by atoms with van der Waals surface area (Å²) in [6, 6.07) is 4.98. The van der Waals surface area contributed by atoms with E-state index in [9.17, 15) is 9.90 Å². The number of aromatic nitrogens is 4. The van der Waals surface area contributed by atoms with Gasteiger partial charge in [-0.3, -0.25) is 4.79 Å². The molecular formula is C16H20ClN5O2. The van der Waals surface area contributed by atoms with Gasteiger partial charge in [-0.05, 0) is 41.5 Å². The summed E-state index contributed by atoms with van der Waals surface area (Å²) in [4.78, 5) is 12.8. The van der Waals surface area contributed by atoms with Crippen molar-refractivity contribution in [2.45, 2.75) is 38.1 Å². The highest BCUT2D eigenvalue weighted by atomic mass is 35.5. The van der Waals surface area contributed by atoms with Crippen molar-refractivity contribution in [1.29, 1.82) is 0 Å². The minimum absolute atomic E-state index is 0.0364. The molecule has 1 amide bonds. The van der Waals surface area contributed by atoms with Gasteiger partial charge in [-0.15, -0.1) is 5.10 Å². The van der Waals surface area contributed by atoms with Gasteiger partial charge in [0.05, 0.1) is 11.3 Å². The first kappa shape index (κ1) is 16.9. The molecule has 1 aliphatic carbocycles. The molecule has 1 aromatic carbocycles. The second kappa shape index (κ2) is 7.72. The van der Waals surface area contributed by atoms with Gasteiger partial charge < -0.3 is 10.4 Å². The molecule has 0 spiro atoms. The first-order valence-electron chi connectivity index (χ1n) is 8.13. The largest absolute Gasteiger partial charge is 0.396 e. The number of carbonyl (C=O) groups excluding carboxylic acids is 1. The lowest BCUT2D eigenvalue weighted by molar-refractivity contribution is 0.0899. The molecule has 0 saturated heterocycles. The fourth-order valence-electron chi connectivity index (χ4n) is 3.20. The Morgan fingerprint density at radius 2 is 2.17 bits per heavy atom. The fraction of sp³-hybridized carbons (Fsp3) is 0.500. The highest BCUT2D eigenvalue weighted by Gasteiger charge is 2.26. The zero-order valence-corrected chi connectivity index (χ0v) is 14.0.